The van der Waals surface area contributed by atoms with Crippen LogP contribution < -0.4 is 0 Å². The predicted octanol–water partition coefficient (Wildman–Crippen LogP) is 1.84. The molecule has 1 rings (SSSR count). The van der Waals surface area contributed by atoms with E-state index in [4.69, 9.17) is 4.74 Å². The lowest BCUT2D eigenvalue weighted by Gasteiger charge is -2.24. The Morgan fingerprint density at radius 1 is 1.31 bits per heavy atom. The number of allylic oxidation sites excluding steroid dienone is 3. The molecule has 13 heavy (non-hydrogen) atoms. The highest BCUT2D eigenvalue weighted by molar-refractivity contribution is 5.08. The molecule has 0 aromatic heterocycles. The van der Waals surface area contributed by atoms with Gasteiger partial charge in [-0.2, -0.15) is 0 Å². The van der Waals surface area contributed by atoms with Crippen molar-refractivity contribution >= 4 is 0 Å². The van der Waals surface area contributed by atoms with Gasteiger partial charge < -0.3 is 4.74 Å². The fraction of sp³-hybridized carbons (Fsp3) is 0.636. The molecular formula is C11H19NO. The minimum Gasteiger partial charge on any atom is -0.379 e. The average molecular weight is 181 g/mol. The quantitative estimate of drug-likeness (QED) is 0.616. The first-order valence-electron chi connectivity index (χ1n) is 4.89. The highest BCUT2D eigenvalue weighted by Gasteiger charge is 2.06. The second-order valence-electron chi connectivity index (χ2n) is 3.59. The molecular weight excluding hydrogens is 162 g/mol. The van der Waals surface area contributed by atoms with Gasteiger partial charge in [0.15, 0.2) is 0 Å². The van der Waals surface area contributed by atoms with E-state index >= 15 is 0 Å². The summed E-state index contributed by atoms with van der Waals surface area (Å²) in [6.07, 6.45) is 6.48. The maximum absolute atomic E-state index is 5.27. The van der Waals surface area contributed by atoms with Crippen LogP contribution in [0.2, 0.25) is 0 Å². The molecule has 0 aromatic carbocycles. The second-order valence-corrected chi connectivity index (χ2v) is 3.59. The Hall–Kier alpha value is -0.600. The van der Waals surface area contributed by atoms with Crippen LogP contribution in [0.25, 0.3) is 0 Å². The van der Waals surface area contributed by atoms with Crippen molar-refractivity contribution in [2.24, 2.45) is 0 Å². The Bertz CT molecular complexity index is 186. The summed E-state index contributed by atoms with van der Waals surface area (Å²) in [4.78, 5) is 2.40. The Kier molecular flexibility index (Phi) is 4.79. The largest absolute Gasteiger partial charge is 0.379 e. The molecule has 0 aliphatic carbocycles. The van der Waals surface area contributed by atoms with Gasteiger partial charge in [0.2, 0.25) is 0 Å². The van der Waals surface area contributed by atoms with E-state index in [2.05, 4.69) is 37.0 Å². The highest BCUT2D eigenvalue weighted by Crippen LogP contribution is 1.96. The second kappa shape index (κ2) is 5.95. The molecule has 0 atom stereocenters. The summed E-state index contributed by atoms with van der Waals surface area (Å²) in [6.45, 7) is 9.18. The summed E-state index contributed by atoms with van der Waals surface area (Å²) in [5.74, 6) is 0. The van der Waals surface area contributed by atoms with Gasteiger partial charge in [-0.1, -0.05) is 23.8 Å². The third-order valence-corrected chi connectivity index (χ3v) is 2.03. The molecule has 1 heterocycles. The van der Waals surface area contributed by atoms with Crippen LogP contribution >= 0.6 is 0 Å². The highest BCUT2D eigenvalue weighted by atomic mass is 16.5. The minimum absolute atomic E-state index is 0.885. The first-order valence-corrected chi connectivity index (χ1v) is 4.89. The fourth-order valence-electron chi connectivity index (χ4n) is 1.25. The number of hydrogen-bond acceptors (Lipinski definition) is 2. The van der Waals surface area contributed by atoms with Crippen molar-refractivity contribution in [3.05, 3.63) is 23.8 Å². The molecule has 2 heteroatoms. The first kappa shape index (κ1) is 10.5. The van der Waals surface area contributed by atoms with E-state index in [9.17, 15) is 0 Å². The minimum atomic E-state index is 0.885. The van der Waals surface area contributed by atoms with Gasteiger partial charge in [0.25, 0.3) is 0 Å². The molecule has 1 saturated heterocycles. The summed E-state index contributed by atoms with van der Waals surface area (Å²) in [6, 6.07) is 0. The standard InChI is InChI=1S/C11H19NO/c1-11(2)5-3-4-6-12-7-9-13-10-8-12/h3-5H,6-10H2,1-2H3/b4-3-. The maximum Gasteiger partial charge on any atom is 0.0594 e. The topological polar surface area (TPSA) is 12.5 Å². The molecule has 1 fully saturated rings. The monoisotopic (exact) mass is 181 g/mol. The third kappa shape index (κ3) is 4.86. The lowest BCUT2D eigenvalue weighted by atomic mass is 10.3. The van der Waals surface area contributed by atoms with Gasteiger partial charge in [-0.05, 0) is 13.8 Å². The Morgan fingerprint density at radius 3 is 2.62 bits per heavy atom. The van der Waals surface area contributed by atoms with E-state index in [1.165, 1.54) is 5.57 Å². The van der Waals surface area contributed by atoms with Crippen LogP contribution in [0.15, 0.2) is 23.8 Å². The van der Waals surface area contributed by atoms with Gasteiger partial charge >= 0.3 is 0 Å². The molecule has 1 aliphatic heterocycles. The van der Waals surface area contributed by atoms with Crippen molar-refractivity contribution in [3.8, 4) is 0 Å². The van der Waals surface area contributed by atoms with Crippen LogP contribution in [-0.4, -0.2) is 37.7 Å². The van der Waals surface area contributed by atoms with Crippen LogP contribution in [-0.2, 0) is 4.74 Å². The van der Waals surface area contributed by atoms with E-state index in [0.29, 0.717) is 0 Å². The normalized spacial score (nSPS) is 19.2. The molecule has 1 aliphatic rings. The van der Waals surface area contributed by atoms with Crippen LogP contribution in [0.5, 0.6) is 0 Å². The SMILES string of the molecule is CC(C)=C/C=C\CN1CCOCC1. The Labute approximate surface area is 80.9 Å². The van der Waals surface area contributed by atoms with E-state index in [1.807, 2.05) is 0 Å². The van der Waals surface area contributed by atoms with Gasteiger partial charge in [0.05, 0.1) is 13.2 Å². The summed E-state index contributed by atoms with van der Waals surface area (Å²) in [5, 5.41) is 0. The molecule has 0 bridgehead atoms. The van der Waals surface area contributed by atoms with Gasteiger partial charge in [-0.3, -0.25) is 4.90 Å². The number of rotatable bonds is 3. The summed E-state index contributed by atoms with van der Waals surface area (Å²) in [5.41, 5.74) is 1.35. The van der Waals surface area contributed by atoms with Crippen molar-refractivity contribution < 1.29 is 4.74 Å². The Balaban J connectivity index is 2.17. The first-order chi connectivity index (χ1) is 6.29. The van der Waals surface area contributed by atoms with E-state index < -0.39 is 0 Å². The van der Waals surface area contributed by atoms with Crippen LogP contribution in [0.3, 0.4) is 0 Å². The van der Waals surface area contributed by atoms with Crippen LogP contribution in [0.4, 0.5) is 0 Å². The maximum atomic E-state index is 5.27. The van der Waals surface area contributed by atoms with Crippen LogP contribution in [0, 0.1) is 0 Å². The van der Waals surface area contributed by atoms with Gasteiger partial charge in [0.1, 0.15) is 0 Å². The molecule has 0 spiro atoms. The Morgan fingerprint density at radius 2 is 2.00 bits per heavy atom. The molecule has 2 nitrogen and oxygen atoms in total. The zero-order chi connectivity index (χ0) is 9.52. The van der Waals surface area contributed by atoms with Crippen molar-refractivity contribution in [2.75, 3.05) is 32.8 Å². The van der Waals surface area contributed by atoms with Gasteiger partial charge in [0, 0.05) is 19.6 Å². The molecule has 0 aromatic rings. The summed E-state index contributed by atoms with van der Waals surface area (Å²) in [7, 11) is 0. The molecule has 0 radical (unpaired) electrons. The molecule has 0 unspecified atom stereocenters. The van der Waals surface area contributed by atoms with E-state index in [0.717, 1.165) is 32.8 Å². The smallest absolute Gasteiger partial charge is 0.0594 e. The van der Waals surface area contributed by atoms with Crippen molar-refractivity contribution in [1.82, 2.24) is 4.90 Å². The molecule has 0 amide bonds. The summed E-state index contributed by atoms with van der Waals surface area (Å²) < 4.78 is 5.27. The van der Waals surface area contributed by atoms with Crippen molar-refractivity contribution in [3.63, 3.8) is 0 Å². The van der Waals surface area contributed by atoms with E-state index in [-0.39, 0.29) is 0 Å². The average Bonchev–Trinajstić information content (AvgIpc) is 2.14. The van der Waals surface area contributed by atoms with Crippen molar-refractivity contribution in [1.29, 1.82) is 0 Å². The number of morpholine rings is 1. The summed E-state index contributed by atoms with van der Waals surface area (Å²) >= 11 is 0. The fourth-order valence-corrected chi connectivity index (χ4v) is 1.25. The van der Waals surface area contributed by atoms with Gasteiger partial charge in [-0.25, -0.2) is 0 Å². The zero-order valence-electron chi connectivity index (χ0n) is 8.62. The number of hydrogen-bond donors (Lipinski definition) is 0. The van der Waals surface area contributed by atoms with Gasteiger partial charge in [-0.15, -0.1) is 0 Å². The third-order valence-electron chi connectivity index (χ3n) is 2.03. The number of ether oxygens (including phenoxy) is 1. The lowest BCUT2D eigenvalue weighted by molar-refractivity contribution is 0.0434. The molecule has 0 saturated carbocycles. The lowest BCUT2D eigenvalue weighted by Crippen LogP contribution is -2.36. The molecule has 0 N–H and O–H groups in total. The van der Waals surface area contributed by atoms with Crippen molar-refractivity contribution in [2.45, 2.75) is 13.8 Å². The number of nitrogens with zero attached hydrogens (tertiary/aromatic N) is 1. The van der Waals surface area contributed by atoms with Crippen LogP contribution in [0.1, 0.15) is 13.8 Å². The molecule has 74 valence electrons. The van der Waals surface area contributed by atoms with E-state index in [1.54, 1.807) is 0 Å². The zero-order valence-corrected chi connectivity index (χ0v) is 8.62. The predicted molar refractivity (Wildman–Crippen MR) is 55.8 cm³/mol.